The van der Waals surface area contributed by atoms with Crippen molar-refractivity contribution in [2.75, 3.05) is 20.2 Å². The first-order valence-corrected chi connectivity index (χ1v) is 11.8. The first-order valence-electron chi connectivity index (χ1n) is 10.8. The molecule has 5 nitrogen and oxygen atoms in total. The molecule has 2 aromatic carbocycles. The summed E-state index contributed by atoms with van der Waals surface area (Å²) in [6.45, 7) is 2.13. The Morgan fingerprint density at radius 3 is 2.50 bits per heavy atom. The number of carboxylic acids is 1. The Morgan fingerprint density at radius 1 is 1.07 bits per heavy atom. The van der Waals surface area contributed by atoms with Crippen LogP contribution in [0.4, 0.5) is 0 Å². The third kappa shape index (κ3) is 4.64. The van der Waals surface area contributed by atoms with E-state index in [-0.39, 0.29) is 5.92 Å². The van der Waals surface area contributed by atoms with Crippen molar-refractivity contribution in [1.82, 2.24) is 4.90 Å². The van der Waals surface area contributed by atoms with E-state index < -0.39 is 5.97 Å². The number of aliphatic carboxylic acids is 1. The summed E-state index contributed by atoms with van der Waals surface area (Å²) < 4.78 is 10.0. The average molecular weight is 520 g/mol. The van der Waals surface area contributed by atoms with Crippen molar-refractivity contribution in [2.45, 2.75) is 44.6 Å². The van der Waals surface area contributed by atoms with Gasteiger partial charge in [-0.2, -0.15) is 0 Å². The fourth-order valence-electron chi connectivity index (χ4n) is 5.11. The molecule has 2 fully saturated rings. The van der Waals surface area contributed by atoms with Crippen LogP contribution in [-0.2, 0) is 4.79 Å². The van der Waals surface area contributed by atoms with E-state index in [1.165, 1.54) is 28.5 Å². The lowest BCUT2D eigenvalue weighted by Gasteiger charge is -2.41. The van der Waals surface area contributed by atoms with Gasteiger partial charge in [-0.1, -0.05) is 18.2 Å². The van der Waals surface area contributed by atoms with Crippen LogP contribution in [0.1, 0.15) is 44.1 Å². The Balaban J connectivity index is 1.48. The molecule has 1 saturated heterocycles. The maximum atomic E-state index is 11.3. The summed E-state index contributed by atoms with van der Waals surface area (Å²) >= 11 is 2.15. The molecule has 4 rings (SSSR count). The van der Waals surface area contributed by atoms with Crippen LogP contribution in [0.5, 0.6) is 5.75 Å². The summed E-state index contributed by atoms with van der Waals surface area (Å²) in [5.74, 6) is 0.518. The smallest absolute Gasteiger partial charge is 0.306 e. The van der Waals surface area contributed by atoms with Crippen LogP contribution < -0.4 is 4.74 Å². The van der Waals surface area contributed by atoms with Crippen molar-refractivity contribution in [3.05, 3.63) is 42.0 Å². The molecule has 1 heterocycles. The highest BCUT2D eigenvalue weighted by molar-refractivity contribution is 14.1. The van der Waals surface area contributed by atoms with Crippen molar-refractivity contribution < 1.29 is 14.6 Å². The zero-order chi connectivity index (χ0) is 21.1. The molecule has 1 unspecified atom stereocenters. The quantitative estimate of drug-likeness (QED) is 0.427. The van der Waals surface area contributed by atoms with Gasteiger partial charge in [0.2, 0.25) is 0 Å². The van der Waals surface area contributed by atoms with Gasteiger partial charge in [0, 0.05) is 18.5 Å². The van der Waals surface area contributed by atoms with Gasteiger partial charge >= 0.3 is 5.97 Å². The van der Waals surface area contributed by atoms with Crippen LogP contribution in [0, 0.1) is 11.8 Å². The number of piperidine rings is 1. The summed E-state index contributed by atoms with van der Waals surface area (Å²) in [7, 11) is 1.69. The minimum atomic E-state index is -0.627. The van der Waals surface area contributed by atoms with Crippen LogP contribution in [0.25, 0.3) is 10.8 Å². The van der Waals surface area contributed by atoms with E-state index in [1.807, 2.05) is 6.07 Å². The molecule has 160 valence electrons. The molecule has 1 aliphatic carbocycles. The minimum Gasteiger partial charge on any atom is -0.497 e. The predicted molar refractivity (Wildman–Crippen MR) is 129 cm³/mol. The van der Waals surface area contributed by atoms with Crippen molar-refractivity contribution in [2.24, 2.45) is 15.0 Å². The number of hydrogen-bond donors (Lipinski definition) is 1. The van der Waals surface area contributed by atoms with Crippen molar-refractivity contribution in [3.8, 4) is 5.75 Å². The average Bonchev–Trinajstić information content (AvgIpc) is 2.79. The van der Waals surface area contributed by atoms with Gasteiger partial charge in [0.05, 0.1) is 41.6 Å². The maximum Gasteiger partial charge on any atom is 0.306 e. The molecule has 6 heteroatoms. The molecular formula is C24H29IN2O3. The van der Waals surface area contributed by atoms with Gasteiger partial charge in [-0.3, -0.25) is 9.69 Å². The van der Waals surface area contributed by atoms with Crippen molar-refractivity contribution in [1.29, 1.82) is 0 Å². The lowest BCUT2D eigenvalue weighted by atomic mass is 9.83. The number of carboxylic acid groups (broad SMARTS) is 1. The van der Waals surface area contributed by atoms with Crippen molar-refractivity contribution >= 4 is 45.3 Å². The number of fused-ring (bicyclic) bond motifs is 1. The van der Waals surface area contributed by atoms with E-state index in [1.54, 1.807) is 7.11 Å². The second kappa shape index (κ2) is 9.64. The fourth-order valence-corrected chi connectivity index (χ4v) is 5.79. The zero-order valence-electron chi connectivity index (χ0n) is 17.4. The Morgan fingerprint density at radius 2 is 1.80 bits per heavy atom. The van der Waals surface area contributed by atoms with Gasteiger partial charge in [-0.15, -0.1) is 0 Å². The Kier molecular flexibility index (Phi) is 6.93. The van der Waals surface area contributed by atoms with Crippen LogP contribution in [0.15, 0.2) is 39.6 Å². The van der Waals surface area contributed by atoms with Gasteiger partial charge < -0.3 is 9.84 Å². The molecule has 0 radical (unpaired) electrons. The Bertz CT molecular complexity index is 937. The molecule has 0 bridgehead atoms. The van der Waals surface area contributed by atoms with Gasteiger partial charge in [-0.05, 0) is 79.6 Å². The maximum absolute atomic E-state index is 11.3. The standard InChI is InChI=1S/C24H29IN2O3/c1-30-22-11-8-17-13-19(5-4-18(17)14-22)23(26-25)20-3-2-12-27(15-20)21-9-6-16(7-10-21)24(28)29/h4-5,8,11,13-14,16,20-21H,2-3,6-7,9-10,12,15H2,1H3,(H,28,29)/b26-23-. The highest BCUT2D eigenvalue weighted by Crippen LogP contribution is 2.32. The van der Waals surface area contributed by atoms with E-state index in [4.69, 9.17) is 7.94 Å². The molecule has 1 aliphatic heterocycles. The molecule has 2 aliphatic rings. The summed E-state index contributed by atoms with van der Waals surface area (Å²) in [6, 6.07) is 13.3. The van der Waals surface area contributed by atoms with Crippen LogP contribution in [0.3, 0.4) is 0 Å². The number of likely N-dealkylation sites (tertiary alicyclic amines) is 1. The molecule has 0 aromatic heterocycles. The monoisotopic (exact) mass is 520 g/mol. The molecule has 1 saturated carbocycles. The normalized spacial score (nSPS) is 25.9. The Labute approximate surface area is 192 Å². The van der Waals surface area contributed by atoms with Gasteiger partial charge in [0.1, 0.15) is 5.75 Å². The Hall–Kier alpha value is -1.67. The number of carbonyl (C=O) groups is 1. The molecule has 1 atom stereocenters. The zero-order valence-corrected chi connectivity index (χ0v) is 19.5. The third-order valence-electron chi connectivity index (χ3n) is 6.84. The number of ether oxygens (including phenoxy) is 1. The second-order valence-electron chi connectivity index (χ2n) is 8.58. The number of nitrogens with zero attached hydrogens (tertiary/aromatic N) is 2. The highest BCUT2D eigenvalue weighted by Gasteiger charge is 2.33. The number of rotatable bonds is 5. The van der Waals surface area contributed by atoms with Crippen LogP contribution in [-0.4, -0.2) is 47.9 Å². The second-order valence-corrected chi connectivity index (χ2v) is 9.06. The van der Waals surface area contributed by atoms with E-state index in [0.29, 0.717) is 12.0 Å². The number of halogens is 1. The molecule has 0 spiro atoms. The van der Waals surface area contributed by atoms with E-state index in [0.717, 1.165) is 50.9 Å². The van der Waals surface area contributed by atoms with Crippen LogP contribution >= 0.6 is 22.9 Å². The van der Waals surface area contributed by atoms with Gasteiger partial charge in [0.25, 0.3) is 0 Å². The SMILES string of the molecule is COc1ccc2cc(/C(=N/I)C3CCCN(C4CCC(C(=O)O)CC4)C3)ccc2c1. The van der Waals surface area contributed by atoms with Gasteiger partial charge in [0.15, 0.2) is 0 Å². The summed E-state index contributed by atoms with van der Waals surface area (Å²) in [4.78, 5) is 13.9. The summed E-state index contributed by atoms with van der Waals surface area (Å²) in [5, 5.41) is 11.6. The van der Waals surface area contributed by atoms with E-state index in [9.17, 15) is 9.90 Å². The van der Waals surface area contributed by atoms with Gasteiger partial charge in [-0.25, -0.2) is 3.21 Å². The highest BCUT2D eigenvalue weighted by atomic mass is 127. The first kappa shape index (κ1) is 21.6. The predicted octanol–water partition coefficient (Wildman–Crippen LogP) is 5.34. The third-order valence-corrected chi connectivity index (χ3v) is 7.36. The number of methoxy groups -OCH3 is 1. The molecule has 2 aromatic rings. The summed E-state index contributed by atoms with van der Waals surface area (Å²) in [6.07, 6.45) is 5.94. The van der Waals surface area contributed by atoms with Crippen molar-refractivity contribution in [3.63, 3.8) is 0 Å². The minimum absolute atomic E-state index is 0.149. The van der Waals surface area contributed by atoms with E-state index in [2.05, 4.69) is 58.1 Å². The fraction of sp³-hybridized carbons (Fsp3) is 0.500. The largest absolute Gasteiger partial charge is 0.497 e. The molecule has 1 N–H and O–H groups in total. The first-order chi connectivity index (χ1) is 14.6. The molecule has 30 heavy (non-hydrogen) atoms. The lowest BCUT2D eigenvalue weighted by Crippen LogP contribution is -2.46. The summed E-state index contributed by atoms with van der Waals surface area (Å²) in [5.41, 5.74) is 2.38. The van der Waals surface area contributed by atoms with E-state index >= 15 is 0 Å². The number of hydrogen-bond acceptors (Lipinski definition) is 4. The number of benzene rings is 2. The van der Waals surface area contributed by atoms with Crippen LogP contribution in [0.2, 0.25) is 0 Å². The topological polar surface area (TPSA) is 62.1 Å². The molecule has 0 amide bonds. The lowest BCUT2D eigenvalue weighted by molar-refractivity contribution is -0.143. The molecular weight excluding hydrogens is 491 g/mol.